The summed E-state index contributed by atoms with van der Waals surface area (Å²) in [4.78, 5) is 0. The molecule has 12 heavy (non-hydrogen) atoms. The third kappa shape index (κ3) is 3.42. The Labute approximate surface area is 70.2 Å². The number of sulfonamides is 1. The van der Waals surface area contributed by atoms with E-state index in [1.807, 2.05) is 0 Å². The van der Waals surface area contributed by atoms with Gasteiger partial charge in [0, 0.05) is 12.6 Å². The highest BCUT2D eigenvalue weighted by atomic mass is 32.2. The Morgan fingerprint density at radius 3 is 2.25 bits per heavy atom. The van der Waals surface area contributed by atoms with Gasteiger partial charge in [0.25, 0.3) is 10.0 Å². The van der Waals surface area contributed by atoms with E-state index in [0.717, 1.165) is 0 Å². The normalized spacial score (nSPS) is 15.1. The van der Waals surface area contributed by atoms with Crippen LogP contribution in [0, 0.1) is 0 Å². The first kappa shape index (κ1) is 11.7. The molecule has 0 saturated heterocycles. The van der Waals surface area contributed by atoms with Crippen molar-refractivity contribution in [1.82, 2.24) is 4.72 Å². The van der Waals surface area contributed by atoms with E-state index < -0.39 is 21.8 Å². The molecule has 0 aliphatic carbocycles. The first-order valence-electron chi connectivity index (χ1n) is 3.43. The van der Waals surface area contributed by atoms with Gasteiger partial charge in [0.1, 0.15) is 0 Å². The van der Waals surface area contributed by atoms with Gasteiger partial charge in [0.15, 0.2) is 0 Å². The molecule has 0 amide bonds. The predicted molar refractivity (Wildman–Crippen MR) is 41.2 cm³/mol. The average molecular weight is 202 g/mol. The molecule has 74 valence electrons. The standard InChI is InChI=1S/C5H12F2N2O2S/c1-2-4(3-8)9-12(10,11)5(6)7/h4-5,9H,2-3,8H2,1H3. The Morgan fingerprint density at radius 1 is 1.50 bits per heavy atom. The molecule has 4 nitrogen and oxygen atoms in total. The van der Waals surface area contributed by atoms with Crippen molar-refractivity contribution >= 4 is 10.0 Å². The number of alkyl halides is 2. The van der Waals surface area contributed by atoms with Gasteiger partial charge in [-0.15, -0.1) is 0 Å². The Kier molecular flexibility index (Phi) is 4.58. The van der Waals surface area contributed by atoms with Crippen molar-refractivity contribution in [2.75, 3.05) is 6.54 Å². The van der Waals surface area contributed by atoms with Crippen molar-refractivity contribution in [3.63, 3.8) is 0 Å². The zero-order chi connectivity index (χ0) is 9.78. The maximum atomic E-state index is 11.8. The number of halogens is 2. The fourth-order valence-electron chi connectivity index (χ4n) is 0.582. The zero-order valence-corrected chi connectivity index (χ0v) is 7.44. The van der Waals surface area contributed by atoms with E-state index in [2.05, 4.69) is 0 Å². The fourth-order valence-corrected chi connectivity index (χ4v) is 1.41. The van der Waals surface area contributed by atoms with Crippen molar-refractivity contribution in [2.24, 2.45) is 5.73 Å². The topological polar surface area (TPSA) is 72.2 Å². The molecule has 0 aromatic carbocycles. The molecule has 0 saturated carbocycles. The molecular weight excluding hydrogens is 190 g/mol. The number of hydrogen-bond acceptors (Lipinski definition) is 3. The number of rotatable bonds is 5. The second-order valence-electron chi connectivity index (χ2n) is 2.26. The minimum Gasteiger partial charge on any atom is -0.329 e. The largest absolute Gasteiger partial charge is 0.350 e. The van der Waals surface area contributed by atoms with Gasteiger partial charge >= 0.3 is 5.76 Å². The van der Waals surface area contributed by atoms with Crippen molar-refractivity contribution in [3.05, 3.63) is 0 Å². The smallest absolute Gasteiger partial charge is 0.329 e. The van der Waals surface area contributed by atoms with Crippen LogP contribution in [0.5, 0.6) is 0 Å². The summed E-state index contributed by atoms with van der Waals surface area (Å²) in [5, 5.41) is 0. The number of nitrogens with two attached hydrogens (primary N) is 1. The van der Waals surface area contributed by atoms with Crippen LogP contribution in [0.2, 0.25) is 0 Å². The van der Waals surface area contributed by atoms with Crippen LogP contribution in [-0.2, 0) is 10.0 Å². The van der Waals surface area contributed by atoms with E-state index in [1.54, 1.807) is 11.6 Å². The van der Waals surface area contributed by atoms with E-state index in [4.69, 9.17) is 5.73 Å². The van der Waals surface area contributed by atoms with E-state index >= 15 is 0 Å². The molecule has 0 fully saturated rings. The van der Waals surface area contributed by atoms with Crippen LogP contribution in [0.4, 0.5) is 8.78 Å². The monoisotopic (exact) mass is 202 g/mol. The van der Waals surface area contributed by atoms with Gasteiger partial charge in [-0.05, 0) is 6.42 Å². The van der Waals surface area contributed by atoms with Gasteiger partial charge in [0.05, 0.1) is 0 Å². The summed E-state index contributed by atoms with van der Waals surface area (Å²) < 4.78 is 46.4. The summed E-state index contributed by atoms with van der Waals surface area (Å²) in [6, 6.07) is -0.607. The molecule has 0 aromatic heterocycles. The molecule has 0 radical (unpaired) electrons. The van der Waals surface area contributed by atoms with Gasteiger partial charge < -0.3 is 5.73 Å². The lowest BCUT2D eigenvalue weighted by atomic mass is 10.2. The van der Waals surface area contributed by atoms with E-state index in [9.17, 15) is 17.2 Å². The second kappa shape index (κ2) is 4.68. The van der Waals surface area contributed by atoms with Crippen molar-refractivity contribution in [3.8, 4) is 0 Å². The molecule has 0 spiro atoms. The highest BCUT2D eigenvalue weighted by Crippen LogP contribution is 2.03. The SMILES string of the molecule is CCC(CN)NS(=O)(=O)C(F)F. The molecule has 7 heteroatoms. The average Bonchev–Trinajstić information content (AvgIpc) is 2.00. The van der Waals surface area contributed by atoms with Gasteiger partial charge in [-0.2, -0.15) is 8.78 Å². The van der Waals surface area contributed by atoms with E-state index in [-0.39, 0.29) is 6.54 Å². The van der Waals surface area contributed by atoms with Crippen LogP contribution < -0.4 is 10.5 Å². The fraction of sp³-hybridized carbons (Fsp3) is 1.00. The third-order valence-electron chi connectivity index (χ3n) is 1.34. The van der Waals surface area contributed by atoms with Crippen LogP contribution in [0.15, 0.2) is 0 Å². The third-order valence-corrected chi connectivity index (χ3v) is 2.47. The summed E-state index contributed by atoms with van der Waals surface area (Å²) >= 11 is 0. The van der Waals surface area contributed by atoms with Crippen LogP contribution in [0.3, 0.4) is 0 Å². The molecule has 0 bridgehead atoms. The lowest BCUT2D eigenvalue weighted by molar-refractivity contribution is 0.231. The summed E-state index contributed by atoms with van der Waals surface area (Å²) in [5.41, 5.74) is 5.12. The molecule has 3 N–H and O–H groups in total. The summed E-state index contributed by atoms with van der Waals surface area (Å²) in [6.45, 7) is 1.67. The minimum atomic E-state index is -4.48. The van der Waals surface area contributed by atoms with Crippen LogP contribution >= 0.6 is 0 Å². The van der Waals surface area contributed by atoms with Crippen LogP contribution in [0.1, 0.15) is 13.3 Å². The van der Waals surface area contributed by atoms with Gasteiger partial charge in [-0.25, -0.2) is 13.1 Å². The summed E-state index contributed by atoms with van der Waals surface area (Å²) in [5.74, 6) is -3.39. The van der Waals surface area contributed by atoms with Gasteiger partial charge in [-0.3, -0.25) is 0 Å². The molecule has 0 heterocycles. The van der Waals surface area contributed by atoms with Crippen LogP contribution in [-0.4, -0.2) is 26.8 Å². The maximum absolute atomic E-state index is 11.8. The lowest BCUT2D eigenvalue weighted by Crippen LogP contribution is -2.42. The minimum absolute atomic E-state index is 0.0163. The number of nitrogens with one attached hydrogen (secondary N) is 1. The lowest BCUT2D eigenvalue weighted by Gasteiger charge is -2.13. The van der Waals surface area contributed by atoms with Gasteiger partial charge in [-0.1, -0.05) is 6.92 Å². The Bertz CT molecular complexity index is 213. The first-order valence-corrected chi connectivity index (χ1v) is 4.98. The Balaban J connectivity index is 4.23. The zero-order valence-electron chi connectivity index (χ0n) is 6.63. The molecule has 1 atom stereocenters. The molecule has 0 aliphatic heterocycles. The quantitative estimate of drug-likeness (QED) is 0.652. The Morgan fingerprint density at radius 2 is 2.00 bits per heavy atom. The summed E-state index contributed by atoms with van der Waals surface area (Å²) in [6.07, 6.45) is 0.391. The van der Waals surface area contributed by atoms with Crippen molar-refractivity contribution < 1.29 is 17.2 Å². The van der Waals surface area contributed by atoms with Crippen molar-refractivity contribution in [1.29, 1.82) is 0 Å². The van der Waals surface area contributed by atoms with E-state index in [1.165, 1.54) is 0 Å². The maximum Gasteiger partial charge on any atom is 0.350 e. The first-order chi connectivity index (χ1) is 5.44. The van der Waals surface area contributed by atoms with Crippen molar-refractivity contribution in [2.45, 2.75) is 25.1 Å². The molecular formula is C5H12F2N2O2S. The predicted octanol–water partition coefficient (Wildman–Crippen LogP) is -0.134. The number of hydrogen-bond donors (Lipinski definition) is 2. The van der Waals surface area contributed by atoms with E-state index in [0.29, 0.717) is 6.42 Å². The highest BCUT2D eigenvalue weighted by Gasteiger charge is 2.25. The Hall–Kier alpha value is -0.270. The highest BCUT2D eigenvalue weighted by molar-refractivity contribution is 7.89. The molecule has 0 aromatic rings. The van der Waals surface area contributed by atoms with Crippen LogP contribution in [0.25, 0.3) is 0 Å². The molecule has 1 unspecified atom stereocenters. The molecule has 0 rings (SSSR count). The second-order valence-corrected chi connectivity index (χ2v) is 3.95. The molecule has 0 aliphatic rings. The van der Waals surface area contributed by atoms with Gasteiger partial charge in [0.2, 0.25) is 0 Å². The summed E-state index contributed by atoms with van der Waals surface area (Å²) in [7, 11) is -4.48.